The normalized spacial score (nSPS) is 9.77. The molecule has 0 atom stereocenters. The zero-order valence-corrected chi connectivity index (χ0v) is 11.9. The predicted octanol–water partition coefficient (Wildman–Crippen LogP) is 2.48. The summed E-state index contributed by atoms with van der Waals surface area (Å²) in [6, 6.07) is 10.7. The van der Waals surface area contributed by atoms with E-state index in [-0.39, 0.29) is 8.80 Å². The summed E-state index contributed by atoms with van der Waals surface area (Å²) < 4.78 is 0. The van der Waals surface area contributed by atoms with Gasteiger partial charge in [-0.1, -0.05) is 68.3 Å². The lowest BCUT2D eigenvalue weighted by Crippen LogP contribution is -2.21. The van der Waals surface area contributed by atoms with Crippen molar-refractivity contribution in [3.8, 4) is 0 Å². The topological polar surface area (TPSA) is 0 Å². The maximum atomic E-state index is 2.34. The molecule has 0 radical (unpaired) electrons. The van der Waals surface area contributed by atoms with E-state index in [1.165, 1.54) is 0 Å². The third-order valence-electron chi connectivity index (χ3n) is 1.47. The summed E-state index contributed by atoms with van der Waals surface area (Å²) in [5.41, 5.74) is 0. The maximum Gasteiger partial charge on any atom is 0.0647 e. The minimum absolute atomic E-state index is 0.139. The van der Waals surface area contributed by atoms with Crippen molar-refractivity contribution in [2.75, 3.05) is 0 Å². The Kier molecular flexibility index (Phi) is 6.91. The number of hydrogen-bond acceptors (Lipinski definition) is 0. The first-order valence-corrected chi connectivity index (χ1v) is 11.4. The molecule has 0 fully saturated rings. The van der Waals surface area contributed by atoms with Gasteiger partial charge in [-0.15, -0.1) is 0 Å². The fourth-order valence-electron chi connectivity index (χ4n) is 0.838. The van der Waals surface area contributed by atoms with E-state index in [2.05, 4.69) is 63.1 Å². The largest absolute Gasteiger partial charge is 0.0724 e. The molecule has 1 aromatic carbocycles. The third kappa shape index (κ3) is 8.00. The highest BCUT2D eigenvalue weighted by Crippen LogP contribution is 1.85. The van der Waals surface area contributed by atoms with Crippen LogP contribution in [0.25, 0.3) is 0 Å². The quantitative estimate of drug-likeness (QED) is 0.625. The van der Waals surface area contributed by atoms with Gasteiger partial charge in [0.05, 0.1) is 8.80 Å². The van der Waals surface area contributed by atoms with E-state index in [9.17, 15) is 0 Å². The van der Waals surface area contributed by atoms with Crippen molar-refractivity contribution in [1.82, 2.24) is 0 Å². The van der Waals surface area contributed by atoms with Crippen LogP contribution in [-0.4, -0.2) is 17.6 Å². The zero-order chi connectivity index (χ0) is 10.3. The first kappa shape index (κ1) is 12.7. The average molecular weight is 210 g/mol. The molecular formula is C11H22Si2. The highest BCUT2D eigenvalue weighted by molar-refractivity contribution is 6.70. The Morgan fingerprint density at radius 1 is 0.769 bits per heavy atom. The lowest BCUT2D eigenvalue weighted by atomic mass is 10.4. The molecule has 74 valence electrons. The van der Waals surface area contributed by atoms with Gasteiger partial charge in [0.1, 0.15) is 0 Å². The van der Waals surface area contributed by atoms with E-state index in [1.807, 2.05) is 0 Å². The molecule has 0 nitrogen and oxygen atoms in total. The second-order valence-electron chi connectivity index (χ2n) is 4.30. The fourth-order valence-corrected chi connectivity index (χ4v) is 1.83. The molecule has 0 aromatic heterocycles. The Bertz CT molecular complexity index is 202. The van der Waals surface area contributed by atoms with Crippen LogP contribution in [0.4, 0.5) is 0 Å². The van der Waals surface area contributed by atoms with Crippen LogP contribution in [0.5, 0.6) is 0 Å². The molecule has 0 saturated carbocycles. The van der Waals surface area contributed by atoms with E-state index in [0.29, 0.717) is 0 Å². The van der Waals surface area contributed by atoms with Gasteiger partial charge in [-0.05, 0) is 0 Å². The molecule has 0 spiro atoms. The third-order valence-corrected chi connectivity index (χ3v) is 3.18. The minimum atomic E-state index is -0.529. The van der Waals surface area contributed by atoms with Crippen molar-refractivity contribution < 1.29 is 0 Å². The van der Waals surface area contributed by atoms with Crippen molar-refractivity contribution in [3.05, 3.63) is 30.3 Å². The van der Waals surface area contributed by atoms with E-state index in [4.69, 9.17) is 0 Å². The molecule has 0 heterocycles. The standard InChI is InChI=1S/C8H12Si.C3H10Si/c1-9(2)8-6-4-3-5-7-8;1-4(2)3/h3-7,9H,1-2H3;4H,1-3H3. The van der Waals surface area contributed by atoms with Crippen molar-refractivity contribution in [1.29, 1.82) is 0 Å². The van der Waals surface area contributed by atoms with Gasteiger partial charge < -0.3 is 0 Å². The first-order valence-electron chi connectivity index (χ1n) is 5.09. The van der Waals surface area contributed by atoms with Gasteiger partial charge in [0.25, 0.3) is 0 Å². The van der Waals surface area contributed by atoms with Gasteiger partial charge >= 0.3 is 0 Å². The Morgan fingerprint density at radius 3 is 1.38 bits per heavy atom. The summed E-state index contributed by atoms with van der Waals surface area (Å²) >= 11 is 0. The summed E-state index contributed by atoms with van der Waals surface area (Å²) in [7, 11) is -0.668. The minimum Gasteiger partial charge on any atom is -0.0724 e. The van der Waals surface area contributed by atoms with Crippen molar-refractivity contribution in [2.24, 2.45) is 0 Å². The Morgan fingerprint density at radius 2 is 1.15 bits per heavy atom. The van der Waals surface area contributed by atoms with Crippen LogP contribution in [0.2, 0.25) is 32.7 Å². The predicted molar refractivity (Wildman–Crippen MR) is 69.7 cm³/mol. The lowest BCUT2D eigenvalue weighted by Gasteiger charge is -1.99. The molecule has 1 aromatic rings. The van der Waals surface area contributed by atoms with Crippen LogP contribution < -0.4 is 5.19 Å². The molecule has 0 amide bonds. The fraction of sp³-hybridized carbons (Fsp3) is 0.455. The maximum absolute atomic E-state index is 2.34. The van der Waals surface area contributed by atoms with Gasteiger partial charge in [-0.2, -0.15) is 0 Å². The number of rotatable bonds is 1. The Hall–Kier alpha value is -0.346. The molecule has 0 aliphatic rings. The van der Waals surface area contributed by atoms with Gasteiger partial charge in [-0.3, -0.25) is 0 Å². The highest BCUT2D eigenvalue weighted by Gasteiger charge is 1.95. The van der Waals surface area contributed by atoms with Crippen molar-refractivity contribution in [2.45, 2.75) is 32.7 Å². The van der Waals surface area contributed by atoms with Crippen LogP contribution in [0, 0.1) is 0 Å². The Balaban J connectivity index is 0.000000310. The molecule has 2 heteroatoms. The van der Waals surface area contributed by atoms with Gasteiger partial charge in [0, 0.05) is 8.80 Å². The van der Waals surface area contributed by atoms with Crippen LogP contribution >= 0.6 is 0 Å². The summed E-state index contributed by atoms with van der Waals surface area (Å²) in [5, 5.41) is 1.55. The smallest absolute Gasteiger partial charge is 0.0647 e. The van der Waals surface area contributed by atoms with Gasteiger partial charge in [-0.25, -0.2) is 0 Å². The van der Waals surface area contributed by atoms with Gasteiger partial charge in [0.2, 0.25) is 0 Å². The second-order valence-corrected chi connectivity index (χ2v) is 10.7. The summed E-state index contributed by atoms with van der Waals surface area (Å²) in [6.45, 7) is 11.6. The number of hydrogen-bond donors (Lipinski definition) is 0. The van der Waals surface area contributed by atoms with Crippen LogP contribution in [0.3, 0.4) is 0 Å². The molecule has 1 rings (SSSR count). The van der Waals surface area contributed by atoms with Crippen molar-refractivity contribution in [3.63, 3.8) is 0 Å². The molecule has 0 bridgehead atoms. The zero-order valence-electron chi connectivity index (χ0n) is 9.54. The van der Waals surface area contributed by atoms with Gasteiger partial charge in [0.15, 0.2) is 0 Å². The number of benzene rings is 1. The van der Waals surface area contributed by atoms with Crippen LogP contribution in [-0.2, 0) is 0 Å². The lowest BCUT2D eigenvalue weighted by molar-refractivity contribution is 1.74. The monoisotopic (exact) mass is 210 g/mol. The van der Waals surface area contributed by atoms with E-state index in [0.717, 1.165) is 0 Å². The SMILES string of the molecule is C[SiH](C)C.C[SiH](C)c1ccccc1. The van der Waals surface area contributed by atoms with E-state index >= 15 is 0 Å². The van der Waals surface area contributed by atoms with Crippen molar-refractivity contribution >= 4 is 22.8 Å². The van der Waals surface area contributed by atoms with Crippen LogP contribution in [0.15, 0.2) is 30.3 Å². The van der Waals surface area contributed by atoms with Crippen LogP contribution in [0.1, 0.15) is 0 Å². The molecule has 0 aliphatic heterocycles. The Labute approximate surface area is 86.2 Å². The first-order chi connectivity index (χ1) is 6.04. The molecule has 0 unspecified atom stereocenters. The highest BCUT2D eigenvalue weighted by atomic mass is 28.3. The molecular weight excluding hydrogens is 188 g/mol. The molecule has 0 aliphatic carbocycles. The molecule has 13 heavy (non-hydrogen) atoms. The molecule has 0 saturated heterocycles. The summed E-state index contributed by atoms with van der Waals surface area (Å²) in [6.07, 6.45) is 0. The summed E-state index contributed by atoms with van der Waals surface area (Å²) in [4.78, 5) is 0. The second kappa shape index (κ2) is 7.10. The van der Waals surface area contributed by atoms with E-state index in [1.54, 1.807) is 5.19 Å². The average Bonchev–Trinajstić information content (AvgIpc) is 2.05. The molecule has 0 N–H and O–H groups in total. The van der Waals surface area contributed by atoms with E-state index < -0.39 is 8.80 Å². The summed E-state index contributed by atoms with van der Waals surface area (Å²) in [5.74, 6) is 0.